The van der Waals surface area contributed by atoms with Gasteiger partial charge in [-0.05, 0) is 31.7 Å². The maximum Gasteiger partial charge on any atom is 0.438 e. The van der Waals surface area contributed by atoms with Crippen LogP contribution in [-0.4, -0.2) is 49.5 Å². The number of nitrogens with zero attached hydrogens (tertiary/aromatic N) is 5. The summed E-state index contributed by atoms with van der Waals surface area (Å²) in [7, 11) is 1.89. The van der Waals surface area contributed by atoms with E-state index in [1.165, 1.54) is 6.20 Å². The summed E-state index contributed by atoms with van der Waals surface area (Å²) in [6, 6.07) is 3.83. The standard InChI is InChI=1S/C28H30F2N6O3/c1-35-22(9-7-5-3-2-4-6-8-18-13-28(29,30)14-18)23(21-12-19(15-31)16-32-25(21)35)26(37)36-11-10-20(17-36)24-33-27(38)39-34-24/h12,16,18,20H,2-5,7,9-11,13-14,17H2,1H3,(H,33,34,38)/t20-/m0/s1. The van der Waals surface area contributed by atoms with Gasteiger partial charge in [0, 0.05) is 68.5 Å². The van der Waals surface area contributed by atoms with Crippen LogP contribution in [0.15, 0.2) is 21.6 Å². The zero-order chi connectivity index (χ0) is 27.6. The van der Waals surface area contributed by atoms with Gasteiger partial charge in [0.2, 0.25) is 0 Å². The lowest BCUT2D eigenvalue weighted by molar-refractivity contribution is -0.0936. The average Bonchev–Trinajstić information content (AvgIpc) is 3.62. The van der Waals surface area contributed by atoms with Gasteiger partial charge in [-0.2, -0.15) is 5.26 Å². The molecule has 4 heterocycles. The SMILES string of the molecule is Cn1c(CCCCCCC#CC2CC(F)(F)C2)c(C(=O)N2CC[C@H](c3noc(=O)[nH]3)C2)c2cc(C#N)cnc21. The molecule has 11 heteroatoms. The molecule has 2 aliphatic rings. The number of hydrogen-bond donors (Lipinski definition) is 1. The van der Waals surface area contributed by atoms with Crippen LogP contribution in [0.2, 0.25) is 0 Å². The van der Waals surface area contributed by atoms with E-state index in [1.807, 2.05) is 11.6 Å². The molecule has 1 amide bonds. The Morgan fingerprint density at radius 3 is 2.79 bits per heavy atom. The topological polar surface area (TPSA) is 121 Å². The molecule has 1 N–H and O–H groups in total. The molecule has 1 aliphatic heterocycles. The van der Waals surface area contributed by atoms with Crippen LogP contribution in [-0.2, 0) is 13.5 Å². The molecule has 204 valence electrons. The van der Waals surface area contributed by atoms with Crippen LogP contribution < -0.4 is 5.76 Å². The quantitative estimate of drug-likeness (QED) is 0.339. The van der Waals surface area contributed by atoms with Gasteiger partial charge in [0.15, 0.2) is 5.82 Å². The fourth-order valence-electron chi connectivity index (χ4n) is 5.53. The van der Waals surface area contributed by atoms with E-state index in [4.69, 9.17) is 0 Å². The normalized spacial score (nSPS) is 18.5. The third-order valence-electron chi connectivity index (χ3n) is 7.67. The monoisotopic (exact) mass is 536 g/mol. The van der Waals surface area contributed by atoms with Crippen molar-refractivity contribution in [2.75, 3.05) is 13.1 Å². The molecule has 2 fully saturated rings. The highest BCUT2D eigenvalue weighted by molar-refractivity contribution is 6.08. The minimum atomic E-state index is -2.53. The van der Waals surface area contributed by atoms with Crippen molar-refractivity contribution in [3.05, 3.63) is 45.5 Å². The molecule has 1 aliphatic carbocycles. The number of alkyl halides is 2. The fourth-order valence-corrected chi connectivity index (χ4v) is 5.53. The van der Waals surface area contributed by atoms with Crippen LogP contribution >= 0.6 is 0 Å². The predicted octanol–water partition coefficient (Wildman–Crippen LogP) is 4.29. The number of carbonyl (C=O) groups is 1. The zero-order valence-corrected chi connectivity index (χ0v) is 21.8. The highest BCUT2D eigenvalue weighted by Gasteiger charge is 2.44. The lowest BCUT2D eigenvalue weighted by Gasteiger charge is -2.31. The highest BCUT2D eigenvalue weighted by atomic mass is 19.3. The Kier molecular flexibility index (Phi) is 7.51. The first-order chi connectivity index (χ1) is 18.8. The van der Waals surface area contributed by atoms with Crippen LogP contribution in [0.5, 0.6) is 0 Å². The number of carbonyl (C=O) groups excluding carboxylic acids is 1. The fraction of sp³-hybridized carbons (Fsp3) is 0.536. The predicted molar refractivity (Wildman–Crippen MR) is 138 cm³/mol. The number of aryl methyl sites for hydroxylation is 1. The Labute approximate surface area is 224 Å². The molecule has 5 rings (SSSR count). The molecule has 1 saturated heterocycles. The second kappa shape index (κ2) is 11.0. The Bertz CT molecular complexity index is 1530. The molecule has 1 atom stereocenters. The molecule has 39 heavy (non-hydrogen) atoms. The van der Waals surface area contributed by atoms with Crippen molar-refractivity contribution in [3.8, 4) is 17.9 Å². The number of H-pyrrole nitrogens is 1. The van der Waals surface area contributed by atoms with Gasteiger partial charge in [-0.3, -0.25) is 14.3 Å². The Morgan fingerprint density at radius 1 is 1.28 bits per heavy atom. The van der Waals surface area contributed by atoms with E-state index >= 15 is 0 Å². The summed E-state index contributed by atoms with van der Waals surface area (Å²) < 4.78 is 32.4. The summed E-state index contributed by atoms with van der Waals surface area (Å²) in [6.45, 7) is 0.918. The van der Waals surface area contributed by atoms with Crippen LogP contribution in [0.4, 0.5) is 8.78 Å². The molecular weight excluding hydrogens is 506 g/mol. The minimum absolute atomic E-state index is 0.115. The maximum atomic E-state index is 13.8. The van der Waals surface area contributed by atoms with Crippen LogP contribution in [0.3, 0.4) is 0 Å². The number of nitriles is 1. The summed E-state index contributed by atoms with van der Waals surface area (Å²) in [4.78, 5) is 34.0. The first-order valence-corrected chi connectivity index (χ1v) is 13.3. The molecule has 0 radical (unpaired) electrons. The molecule has 1 saturated carbocycles. The van der Waals surface area contributed by atoms with E-state index in [9.17, 15) is 23.6 Å². The number of aromatic amines is 1. The number of likely N-dealkylation sites (tertiary alicyclic amines) is 1. The Balaban J connectivity index is 1.24. The van der Waals surface area contributed by atoms with Crippen molar-refractivity contribution < 1.29 is 18.1 Å². The van der Waals surface area contributed by atoms with Gasteiger partial charge in [-0.25, -0.2) is 18.6 Å². The smallest absolute Gasteiger partial charge is 0.338 e. The van der Waals surface area contributed by atoms with E-state index < -0.39 is 11.7 Å². The Morgan fingerprint density at radius 2 is 2.08 bits per heavy atom. The van der Waals surface area contributed by atoms with E-state index in [0.29, 0.717) is 60.3 Å². The van der Waals surface area contributed by atoms with E-state index in [0.717, 1.165) is 31.4 Å². The summed E-state index contributed by atoms with van der Waals surface area (Å²) in [6.07, 6.45) is 6.98. The number of rotatable bonds is 8. The van der Waals surface area contributed by atoms with Crippen LogP contribution in [0.1, 0.15) is 84.7 Å². The third kappa shape index (κ3) is 5.73. The van der Waals surface area contributed by atoms with Gasteiger partial charge in [0.1, 0.15) is 11.7 Å². The van der Waals surface area contributed by atoms with Gasteiger partial charge in [0.25, 0.3) is 11.8 Å². The molecule has 3 aromatic rings. The van der Waals surface area contributed by atoms with Crippen molar-refractivity contribution in [1.82, 2.24) is 24.6 Å². The maximum absolute atomic E-state index is 13.8. The van der Waals surface area contributed by atoms with E-state index in [1.54, 1.807) is 11.0 Å². The van der Waals surface area contributed by atoms with Gasteiger partial charge in [-0.1, -0.05) is 23.9 Å². The summed E-state index contributed by atoms with van der Waals surface area (Å²) in [5.74, 6) is 2.89. The number of pyridine rings is 1. The lowest BCUT2D eigenvalue weighted by Crippen LogP contribution is -2.34. The van der Waals surface area contributed by atoms with E-state index in [2.05, 4.69) is 37.6 Å². The number of nitrogens with one attached hydrogen (secondary N) is 1. The van der Waals surface area contributed by atoms with Crippen molar-refractivity contribution in [2.45, 2.75) is 69.6 Å². The van der Waals surface area contributed by atoms with E-state index in [-0.39, 0.29) is 30.6 Å². The molecule has 9 nitrogen and oxygen atoms in total. The van der Waals surface area contributed by atoms with Gasteiger partial charge in [0.05, 0.1) is 11.1 Å². The molecule has 0 unspecified atom stereocenters. The highest BCUT2D eigenvalue weighted by Crippen LogP contribution is 2.41. The Hall–Kier alpha value is -3.99. The number of halogens is 2. The number of aromatic nitrogens is 4. The van der Waals surface area contributed by atoms with Crippen LogP contribution in [0.25, 0.3) is 11.0 Å². The van der Waals surface area contributed by atoms with Gasteiger partial charge >= 0.3 is 5.76 Å². The summed E-state index contributed by atoms with van der Waals surface area (Å²) in [5, 5.41) is 13.9. The second-order valence-electron chi connectivity index (χ2n) is 10.5. The molecule has 0 aromatic carbocycles. The first kappa shape index (κ1) is 26.6. The lowest BCUT2D eigenvalue weighted by atomic mass is 9.82. The number of amides is 1. The molecule has 0 bridgehead atoms. The number of fused-ring (bicyclic) bond motifs is 1. The third-order valence-corrected chi connectivity index (χ3v) is 7.67. The molecule has 0 spiro atoms. The first-order valence-electron chi connectivity index (χ1n) is 13.3. The van der Waals surface area contributed by atoms with Crippen molar-refractivity contribution >= 4 is 16.9 Å². The van der Waals surface area contributed by atoms with Gasteiger partial charge in [-0.15, -0.1) is 5.92 Å². The van der Waals surface area contributed by atoms with Crippen molar-refractivity contribution in [2.24, 2.45) is 13.0 Å². The van der Waals surface area contributed by atoms with Crippen molar-refractivity contribution in [3.63, 3.8) is 0 Å². The average molecular weight is 537 g/mol. The number of hydrogen-bond acceptors (Lipinski definition) is 6. The summed E-state index contributed by atoms with van der Waals surface area (Å²) >= 11 is 0. The second-order valence-corrected chi connectivity index (χ2v) is 10.5. The van der Waals surface area contributed by atoms with Crippen molar-refractivity contribution in [1.29, 1.82) is 5.26 Å². The van der Waals surface area contributed by atoms with Gasteiger partial charge < -0.3 is 9.47 Å². The summed E-state index contributed by atoms with van der Waals surface area (Å²) in [5.41, 5.74) is 2.48. The minimum Gasteiger partial charge on any atom is -0.338 e. The number of unbranched alkanes of at least 4 members (excludes halogenated alkanes) is 4. The molecular formula is C28H30F2N6O3. The largest absolute Gasteiger partial charge is 0.438 e. The van der Waals surface area contributed by atoms with Crippen LogP contribution in [0, 0.1) is 29.1 Å². The zero-order valence-electron chi connectivity index (χ0n) is 21.8. The molecule has 3 aromatic heterocycles.